The number of hydrogen-bond acceptors (Lipinski definition) is 7. The summed E-state index contributed by atoms with van der Waals surface area (Å²) in [7, 11) is -4.04. The smallest absolute Gasteiger partial charge is 0.410 e. The highest BCUT2D eigenvalue weighted by Crippen LogP contribution is 2.36. The van der Waals surface area contributed by atoms with Crippen LogP contribution in [0.3, 0.4) is 0 Å². The number of carbonyl (C=O) groups excluding carboxylic acids is 1. The van der Waals surface area contributed by atoms with E-state index in [9.17, 15) is 13.2 Å². The number of benzene rings is 3. The van der Waals surface area contributed by atoms with Crippen LogP contribution in [0.1, 0.15) is 29.5 Å². The first-order valence-electron chi connectivity index (χ1n) is 11.9. The number of carbonyl (C=O) groups is 1. The first kappa shape index (κ1) is 24.7. The van der Waals surface area contributed by atoms with E-state index in [1.807, 2.05) is 67.6 Å². The Hall–Kier alpha value is -3.95. The molecule has 1 aliphatic heterocycles. The van der Waals surface area contributed by atoms with E-state index in [-0.39, 0.29) is 30.4 Å². The van der Waals surface area contributed by atoms with Crippen LogP contribution in [-0.2, 0) is 25.6 Å². The van der Waals surface area contributed by atoms with Crippen molar-refractivity contribution in [1.29, 1.82) is 0 Å². The van der Waals surface area contributed by atoms with E-state index in [1.54, 1.807) is 18.3 Å². The van der Waals surface area contributed by atoms with Crippen molar-refractivity contribution in [2.24, 2.45) is 0 Å². The molecule has 1 fully saturated rings. The lowest BCUT2D eigenvalue weighted by atomic mass is 10.2. The summed E-state index contributed by atoms with van der Waals surface area (Å²) in [5, 5.41) is 0. The molecule has 0 bridgehead atoms. The Labute approximate surface area is 215 Å². The molecule has 4 aromatic rings. The number of oxazole rings is 1. The molecule has 0 N–H and O–H groups in total. The zero-order valence-corrected chi connectivity index (χ0v) is 21.0. The van der Waals surface area contributed by atoms with E-state index in [2.05, 4.69) is 4.98 Å². The fourth-order valence-electron chi connectivity index (χ4n) is 4.22. The first-order valence-corrected chi connectivity index (χ1v) is 13.3. The second kappa shape index (κ2) is 10.6. The van der Waals surface area contributed by atoms with Gasteiger partial charge in [-0.15, -0.1) is 0 Å². The molecule has 190 valence electrons. The molecular weight excluding hydrogens is 492 g/mol. The summed E-state index contributed by atoms with van der Waals surface area (Å²) in [5.41, 5.74) is 2.61. The Morgan fingerprint density at radius 1 is 1.00 bits per heavy atom. The molecule has 1 aliphatic rings. The molecule has 0 unspecified atom stereocenters. The van der Waals surface area contributed by atoms with Crippen LogP contribution in [-0.4, -0.2) is 37.0 Å². The predicted molar refractivity (Wildman–Crippen MR) is 136 cm³/mol. The number of aromatic nitrogens is 1. The molecule has 1 amide bonds. The fourth-order valence-corrected chi connectivity index (χ4v) is 5.30. The predicted octanol–water partition coefficient (Wildman–Crippen LogP) is 5.51. The van der Waals surface area contributed by atoms with Gasteiger partial charge in [-0.3, -0.25) is 9.08 Å². The zero-order valence-electron chi connectivity index (χ0n) is 20.2. The number of hydrogen-bond donors (Lipinski definition) is 0. The van der Waals surface area contributed by atoms with Crippen molar-refractivity contribution in [3.05, 3.63) is 108 Å². The maximum Gasteiger partial charge on any atom is 0.410 e. The van der Waals surface area contributed by atoms with Gasteiger partial charge in [0.2, 0.25) is 5.89 Å². The zero-order chi connectivity index (χ0) is 25.8. The van der Waals surface area contributed by atoms with Crippen LogP contribution < -0.4 is 0 Å². The monoisotopic (exact) mass is 518 g/mol. The Balaban J connectivity index is 1.37. The van der Waals surface area contributed by atoms with Crippen LogP contribution in [0.5, 0.6) is 0 Å². The van der Waals surface area contributed by atoms with Gasteiger partial charge in [-0.05, 0) is 24.6 Å². The third kappa shape index (κ3) is 5.73. The van der Waals surface area contributed by atoms with Gasteiger partial charge < -0.3 is 9.15 Å². The molecule has 0 aliphatic carbocycles. The fraction of sp³-hybridized carbons (Fsp3) is 0.214. The van der Waals surface area contributed by atoms with E-state index in [0.29, 0.717) is 5.76 Å². The Morgan fingerprint density at radius 3 is 2.38 bits per heavy atom. The summed E-state index contributed by atoms with van der Waals surface area (Å²) in [5.74, 6) is 0.833. The Bertz CT molecular complexity index is 1450. The summed E-state index contributed by atoms with van der Waals surface area (Å²) >= 11 is 0. The standard InChI is InChI=1S/C28H26N2O6S/c1-20-12-14-24(15-13-20)37(32,33)36-23-16-25(27-29-17-26(35-27)22-10-6-3-7-11-22)30(18-23)28(31)34-19-21-8-4-2-5-9-21/h2-15,17,23,25H,16,18-19H2,1H3/t23-,25+/m1/s1. The lowest BCUT2D eigenvalue weighted by Crippen LogP contribution is -2.33. The van der Waals surface area contributed by atoms with Crippen LogP contribution in [0.15, 0.2) is 100 Å². The minimum atomic E-state index is -4.04. The highest BCUT2D eigenvalue weighted by Gasteiger charge is 2.42. The molecule has 5 rings (SSSR count). The van der Waals surface area contributed by atoms with Gasteiger partial charge in [-0.1, -0.05) is 78.4 Å². The number of ether oxygens (including phenoxy) is 1. The van der Waals surface area contributed by atoms with Crippen molar-refractivity contribution >= 4 is 16.2 Å². The van der Waals surface area contributed by atoms with Gasteiger partial charge in [0.1, 0.15) is 12.6 Å². The molecule has 2 atom stereocenters. The summed E-state index contributed by atoms with van der Waals surface area (Å²) in [6, 6.07) is 24.5. The van der Waals surface area contributed by atoms with Crippen molar-refractivity contribution in [2.75, 3.05) is 6.54 Å². The second-order valence-electron chi connectivity index (χ2n) is 8.86. The SMILES string of the molecule is Cc1ccc(S(=O)(=O)O[C@@H]2C[C@@H](c3ncc(-c4ccccc4)o3)N(C(=O)OCc3ccccc3)C2)cc1. The number of nitrogens with zero attached hydrogens (tertiary/aromatic N) is 2. The molecule has 0 spiro atoms. The molecule has 0 saturated carbocycles. The molecule has 3 aromatic carbocycles. The minimum absolute atomic E-state index is 0.00638. The van der Waals surface area contributed by atoms with Crippen molar-refractivity contribution in [3.63, 3.8) is 0 Å². The van der Waals surface area contributed by atoms with E-state index >= 15 is 0 Å². The molecule has 9 heteroatoms. The summed E-state index contributed by atoms with van der Waals surface area (Å²) < 4.78 is 43.0. The summed E-state index contributed by atoms with van der Waals surface area (Å²) in [4.78, 5) is 19.0. The molecule has 8 nitrogen and oxygen atoms in total. The van der Waals surface area contributed by atoms with Gasteiger partial charge in [-0.2, -0.15) is 8.42 Å². The summed E-state index contributed by atoms with van der Waals surface area (Å²) in [6.07, 6.45) is 0.371. The second-order valence-corrected chi connectivity index (χ2v) is 10.4. The van der Waals surface area contributed by atoms with Gasteiger partial charge in [-0.25, -0.2) is 9.78 Å². The van der Waals surface area contributed by atoms with Crippen LogP contribution >= 0.6 is 0 Å². The molecular formula is C28H26N2O6S. The molecule has 1 aromatic heterocycles. The lowest BCUT2D eigenvalue weighted by molar-refractivity contribution is 0.0854. The van der Waals surface area contributed by atoms with Crippen LogP contribution in [0, 0.1) is 6.92 Å². The molecule has 1 saturated heterocycles. The van der Waals surface area contributed by atoms with Gasteiger partial charge in [0.25, 0.3) is 10.1 Å². The molecule has 0 radical (unpaired) electrons. The average molecular weight is 519 g/mol. The first-order chi connectivity index (χ1) is 17.9. The van der Waals surface area contributed by atoms with Gasteiger partial charge in [0.15, 0.2) is 5.76 Å². The highest BCUT2D eigenvalue weighted by molar-refractivity contribution is 7.86. The minimum Gasteiger partial charge on any atom is -0.445 e. The number of rotatable bonds is 7. The topological polar surface area (TPSA) is 98.9 Å². The van der Waals surface area contributed by atoms with E-state index in [4.69, 9.17) is 13.3 Å². The van der Waals surface area contributed by atoms with Crippen molar-refractivity contribution in [2.45, 2.75) is 37.0 Å². The molecule has 2 heterocycles. The van der Waals surface area contributed by atoms with Gasteiger partial charge in [0, 0.05) is 12.0 Å². The number of likely N-dealkylation sites (tertiary alicyclic amines) is 1. The van der Waals surface area contributed by atoms with E-state index in [1.165, 1.54) is 17.0 Å². The quantitative estimate of drug-likeness (QED) is 0.298. The normalized spacial score (nSPS) is 17.6. The summed E-state index contributed by atoms with van der Waals surface area (Å²) in [6.45, 7) is 1.96. The van der Waals surface area contributed by atoms with Crippen LogP contribution in [0.25, 0.3) is 11.3 Å². The Morgan fingerprint density at radius 2 is 1.68 bits per heavy atom. The van der Waals surface area contributed by atoms with E-state index in [0.717, 1.165) is 16.7 Å². The third-order valence-electron chi connectivity index (χ3n) is 6.14. The maximum absolute atomic E-state index is 13.1. The van der Waals surface area contributed by atoms with E-state index < -0.39 is 28.4 Å². The highest BCUT2D eigenvalue weighted by atomic mass is 32.2. The van der Waals surface area contributed by atoms with Crippen molar-refractivity contribution in [1.82, 2.24) is 9.88 Å². The number of amides is 1. The van der Waals surface area contributed by atoms with Crippen LogP contribution in [0.4, 0.5) is 4.79 Å². The lowest BCUT2D eigenvalue weighted by Gasteiger charge is -2.21. The Kier molecular flexibility index (Phi) is 7.07. The van der Waals surface area contributed by atoms with Crippen LogP contribution in [0.2, 0.25) is 0 Å². The number of aryl methyl sites for hydroxylation is 1. The maximum atomic E-state index is 13.1. The van der Waals surface area contributed by atoms with Gasteiger partial charge in [0.05, 0.1) is 23.7 Å². The third-order valence-corrected chi connectivity index (χ3v) is 7.52. The largest absolute Gasteiger partial charge is 0.445 e. The van der Waals surface area contributed by atoms with Crippen molar-refractivity contribution in [3.8, 4) is 11.3 Å². The average Bonchev–Trinajstić information content (AvgIpc) is 3.56. The van der Waals surface area contributed by atoms with Gasteiger partial charge >= 0.3 is 6.09 Å². The van der Waals surface area contributed by atoms with Crippen molar-refractivity contribution < 1.29 is 26.5 Å². The molecule has 37 heavy (non-hydrogen) atoms.